The Balaban J connectivity index is 0.000000725. The molecule has 38 heavy (non-hydrogen) atoms. The van der Waals surface area contributed by atoms with Crippen LogP contribution in [0.15, 0.2) is 61.7 Å². The van der Waals surface area contributed by atoms with Crippen molar-refractivity contribution in [3.8, 4) is 0 Å². The van der Waals surface area contributed by atoms with E-state index in [0.717, 1.165) is 18.6 Å². The molecule has 0 saturated carbocycles. The van der Waals surface area contributed by atoms with Crippen LogP contribution in [-0.4, -0.2) is 24.5 Å². The maximum Gasteiger partial charge on any atom is 0.338 e. The van der Waals surface area contributed by atoms with Crippen LogP contribution in [0.25, 0.3) is 6.08 Å². The van der Waals surface area contributed by atoms with Gasteiger partial charge in [-0.1, -0.05) is 153 Å². The number of hydrogen-bond donors (Lipinski definition) is 0. The van der Waals surface area contributed by atoms with Gasteiger partial charge in [-0.3, -0.25) is 0 Å². The molecule has 0 aromatic heterocycles. The summed E-state index contributed by atoms with van der Waals surface area (Å²) in [7, 11) is 0. The molecule has 1 aromatic carbocycles. The highest BCUT2D eigenvalue weighted by Crippen LogP contribution is 2.13. The summed E-state index contributed by atoms with van der Waals surface area (Å²) in [4.78, 5) is 30.7. The van der Waals surface area contributed by atoms with E-state index in [0.29, 0.717) is 6.61 Å². The standard InChI is InChI=1S/C21H40O2.C8H8.C4H2O3/c1-3-5-6-7-8-9-10-11-12-13-14-15-16-17-18-19-20-23-21(22)4-2;1-2-8-6-4-3-5-7-8;5-3-1-2-4(6)7-3/h4H,2-3,5-20H2,1H3;2-7H,1H2;1-2H. The Bertz CT molecular complexity index is 766. The third-order valence-corrected chi connectivity index (χ3v) is 6.00. The molecular formula is C33H50O5. The maximum absolute atomic E-state index is 10.8. The molecule has 0 bridgehead atoms. The highest BCUT2D eigenvalue weighted by molar-refractivity contribution is 6.04. The van der Waals surface area contributed by atoms with Gasteiger partial charge in [0.2, 0.25) is 0 Å². The lowest BCUT2D eigenvalue weighted by Gasteiger charge is -2.04. The van der Waals surface area contributed by atoms with Crippen molar-refractivity contribution in [3.05, 3.63) is 67.3 Å². The van der Waals surface area contributed by atoms with Crippen LogP contribution in [0.4, 0.5) is 0 Å². The topological polar surface area (TPSA) is 69.7 Å². The van der Waals surface area contributed by atoms with Crippen molar-refractivity contribution >= 4 is 24.0 Å². The fourth-order valence-electron chi connectivity index (χ4n) is 3.77. The average molecular weight is 527 g/mol. The molecule has 1 aliphatic rings. The lowest BCUT2D eigenvalue weighted by molar-refractivity contribution is -0.150. The predicted molar refractivity (Wildman–Crippen MR) is 157 cm³/mol. The lowest BCUT2D eigenvalue weighted by atomic mass is 10.0. The van der Waals surface area contributed by atoms with Crippen LogP contribution < -0.4 is 0 Å². The summed E-state index contributed by atoms with van der Waals surface area (Å²) in [6.07, 6.45) is 27.0. The monoisotopic (exact) mass is 526 g/mol. The molecule has 0 radical (unpaired) electrons. The summed E-state index contributed by atoms with van der Waals surface area (Å²) >= 11 is 0. The molecule has 2 rings (SSSR count). The minimum absolute atomic E-state index is 0.300. The van der Waals surface area contributed by atoms with Gasteiger partial charge in [-0.15, -0.1) is 0 Å². The van der Waals surface area contributed by atoms with E-state index in [-0.39, 0.29) is 5.97 Å². The highest BCUT2D eigenvalue weighted by atomic mass is 16.6. The third kappa shape index (κ3) is 24.7. The minimum Gasteiger partial charge on any atom is -0.463 e. The van der Waals surface area contributed by atoms with Crippen LogP contribution in [0.1, 0.15) is 115 Å². The molecule has 5 heteroatoms. The molecular weight excluding hydrogens is 476 g/mol. The van der Waals surface area contributed by atoms with Gasteiger partial charge in [0.15, 0.2) is 0 Å². The number of ether oxygens (including phenoxy) is 2. The molecule has 0 atom stereocenters. The zero-order chi connectivity index (χ0) is 28.1. The van der Waals surface area contributed by atoms with Crippen LogP contribution >= 0.6 is 0 Å². The maximum atomic E-state index is 10.8. The van der Waals surface area contributed by atoms with E-state index in [1.165, 1.54) is 108 Å². The molecule has 0 aliphatic carbocycles. The summed E-state index contributed by atoms with van der Waals surface area (Å²) in [6, 6.07) is 10.0. The first-order chi connectivity index (χ1) is 18.5. The number of esters is 3. The lowest BCUT2D eigenvalue weighted by Crippen LogP contribution is -2.01. The number of unbranched alkanes of at least 4 members (excludes halogenated alkanes) is 15. The van der Waals surface area contributed by atoms with Crippen LogP contribution in [0.3, 0.4) is 0 Å². The number of cyclic esters (lactones) is 2. The quantitative estimate of drug-likeness (QED) is 0.0779. The first-order valence-electron chi connectivity index (χ1n) is 14.4. The van der Waals surface area contributed by atoms with Gasteiger partial charge in [-0.05, 0) is 12.0 Å². The zero-order valence-electron chi connectivity index (χ0n) is 23.7. The average Bonchev–Trinajstić information content (AvgIpc) is 3.33. The van der Waals surface area contributed by atoms with Gasteiger partial charge in [0.25, 0.3) is 0 Å². The largest absolute Gasteiger partial charge is 0.463 e. The van der Waals surface area contributed by atoms with Crippen LogP contribution in [0, 0.1) is 0 Å². The van der Waals surface area contributed by atoms with Crippen LogP contribution in [0.5, 0.6) is 0 Å². The Labute approximate surface area is 231 Å². The van der Waals surface area contributed by atoms with Crippen molar-refractivity contribution in [2.75, 3.05) is 6.61 Å². The zero-order valence-corrected chi connectivity index (χ0v) is 23.7. The Hall–Kier alpha value is -2.95. The highest BCUT2D eigenvalue weighted by Gasteiger charge is 2.10. The molecule has 1 aromatic rings. The van der Waals surface area contributed by atoms with Crippen molar-refractivity contribution in [2.24, 2.45) is 0 Å². The molecule has 0 amide bonds. The molecule has 212 valence electrons. The van der Waals surface area contributed by atoms with Gasteiger partial charge in [-0.2, -0.15) is 0 Å². The van der Waals surface area contributed by atoms with Crippen LogP contribution in [0.2, 0.25) is 0 Å². The van der Waals surface area contributed by atoms with Gasteiger partial charge < -0.3 is 9.47 Å². The smallest absolute Gasteiger partial charge is 0.338 e. The SMILES string of the molecule is C=CC(=O)OCCCCCCCCCCCCCCCCCC.C=Cc1ccccc1.O=C1C=CC(=O)O1. The fourth-order valence-corrected chi connectivity index (χ4v) is 3.77. The molecule has 0 unspecified atom stereocenters. The summed E-state index contributed by atoms with van der Waals surface area (Å²) in [5.41, 5.74) is 1.17. The van der Waals surface area contributed by atoms with Crippen molar-refractivity contribution in [2.45, 2.75) is 110 Å². The molecule has 0 spiro atoms. The van der Waals surface area contributed by atoms with E-state index in [4.69, 9.17) is 4.74 Å². The molecule has 1 aliphatic heterocycles. The first kappa shape index (κ1) is 35.0. The van der Waals surface area contributed by atoms with E-state index in [1.807, 2.05) is 36.4 Å². The van der Waals surface area contributed by atoms with Gasteiger partial charge in [-0.25, -0.2) is 14.4 Å². The van der Waals surface area contributed by atoms with E-state index in [1.54, 1.807) is 0 Å². The number of hydrogen-bond acceptors (Lipinski definition) is 5. The van der Waals surface area contributed by atoms with Gasteiger partial charge in [0.05, 0.1) is 6.61 Å². The second-order valence-electron chi connectivity index (χ2n) is 9.36. The number of rotatable bonds is 19. The molecule has 1 heterocycles. The first-order valence-corrected chi connectivity index (χ1v) is 14.4. The number of carbonyl (C=O) groups is 3. The number of benzene rings is 1. The Kier molecular flexibility index (Phi) is 25.0. The second-order valence-corrected chi connectivity index (χ2v) is 9.36. The summed E-state index contributed by atoms with van der Waals surface area (Å²) in [5, 5.41) is 0. The van der Waals surface area contributed by atoms with Crippen molar-refractivity contribution in [3.63, 3.8) is 0 Å². The minimum atomic E-state index is -0.579. The van der Waals surface area contributed by atoms with Crippen molar-refractivity contribution in [1.82, 2.24) is 0 Å². The summed E-state index contributed by atoms with van der Waals surface area (Å²) < 4.78 is 8.93. The Morgan fingerprint density at radius 3 is 1.45 bits per heavy atom. The van der Waals surface area contributed by atoms with Gasteiger partial charge >= 0.3 is 17.9 Å². The summed E-state index contributed by atoms with van der Waals surface area (Å²) in [5.74, 6) is -1.46. The van der Waals surface area contributed by atoms with Crippen molar-refractivity contribution in [1.29, 1.82) is 0 Å². The molecule has 0 fully saturated rings. The molecule has 0 N–H and O–H groups in total. The number of carbonyl (C=O) groups excluding carboxylic acids is 3. The Morgan fingerprint density at radius 2 is 1.13 bits per heavy atom. The second kappa shape index (κ2) is 27.1. The van der Waals surface area contributed by atoms with E-state index in [2.05, 4.69) is 24.8 Å². The van der Waals surface area contributed by atoms with Crippen LogP contribution in [-0.2, 0) is 23.9 Å². The molecule has 0 saturated heterocycles. The van der Waals surface area contributed by atoms with Gasteiger partial charge in [0, 0.05) is 18.2 Å². The van der Waals surface area contributed by atoms with Crippen molar-refractivity contribution < 1.29 is 23.9 Å². The predicted octanol–water partition coefficient (Wildman–Crippen LogP) is 8.93. The third-order valence-electron chi connectivity index (χ3n) is 6.00. The van der Waals surface area contributed by atoms with Gasteiger partial charge in [0.1, 0.15) is 0 Å². The van der Waals surface area contributed by atoms with E-state index >= 15 is 0 Å². The molecule has 5 nitrogen and oxygen atoms in total. The summed E-state index contributed by atoms with van der Waals surface area (Å²) in [6.45, 7) is 9.84. The van der Waals surface area contributed by atoms with E-state index < -0.39 is 11.9 Å². The van der Waals surface area contributed by atoms with E-state index in [9.17, 15) is 14.4 Å². The fraction of sp³-hybridized carbons (Fsp3) is 0.545. The Morgan fingerprint density at radius 1 is 0.711 bits per heavy atom. The normalized spacial score (nSPS) is 11.5.